The van der Waals surface area contributed by atoms with Crippen LogP contribution in [0.3, 0.4) is 0 Å². The van der Waals surface area contributed by atoms with Crippen LogP contribution < -0.4 is 9.47 Å². The Kier molecular flexibility index (Phi) is 4.96. The highest BCUT2D eigenvalue weighted by molar-refractivity contribution is 9.10. The third kappa shape index (κ3) is 3.24. The molecule has 0 radical (unpaired) electrons. The molecule has 2 N–H and O–H groups in total. The fourth-order valence-corrected chi connectivity index (χ4v) is 2.42. The van der Waals surface area contributed by atoms with E-state index >= 15 is 0 Å². The first-order valence-electron chi connectivity index (χ1n) is 6.68. The van der Waals surface area contributed by atoms with Gasteiger partial charge in [-0.05, 0) is 53.5 Å². The van der Waals surface area contributed by atoms with Crippen molar-refractivity contribution in [3.63, 3.8) is 0 Å². The average Bonchev–Trinajstić information content (AvgIpc) is 2.48. The number of hydrogen-bond donors (Lipinski definition) is 2. The van der Waals surface area contributed by atoms with E-state index in [-0.39, 0.29) is 11.5 Å². The van der Waals surface area contributed by atoms with Crippen molar-refractivity contribution in [1.82, 2.24) is 0 Å². The van der Waals surface area contributed by atoms with E-state index in [1.165, 1.54) is 0 Å². The summed E-state index contributed by atoms with van der Waals surface area (Å²) in [6, 6.07) is 8.51. The highest BCUT2D eigenvalue weighted by atomic mass is 79.9. The van der Waals surface area contributed by atoms with Crippen molar-refractivity contribution in [1.29, 1.82) is 0 Å². The van der Waals surface area contributed by atoms with E-state index in [2.05, 4.69) is 15.9 Å². The van der Waals surface area contributed by atoms with E-state index in [1.807, 2.05) is 19.9 Å². The van der Waals surface area contributed by atoms with E-state index in [4.69, 9.17) is 9.47 Å². The lowest BCUT2D eigenvalue weighted by atomic mass is 10.0. The largest absolute Gasteiger partial charge is 0.508 e. The van der Waals surface area contributed by atoms with Crippen LogP contribution in [-0.4, -0.2) is 23.4 Å². The molecule has 0 aliphatic rings. The summed E-state index contributed by atoms with van der Waals surface area (Å²) in [7, 11) is 0. The van der Waals surface area contributed by atoms with Gasteiger partial charge in [0.15, 0.2) is 11.5 Å². The zero-order chi connectivity index (χ0) is 15.4. The molecule has 0 atom stereocenters. The predicted octanol–water partition coefficient (Wildman–Crippen LogP) is 4.32. The number of halogens is 1. The van der Waals surface area contributed by atoms with Crippen LogP contribution in [0, 0.1) is 0 Å². The maximum atomic E-state index is 10.3. The molecule has 0 aliphatic carbocycles. The van der Waals surface area contributed by atoms with Crippen molar-refractivity contribution in [2.75, 3.05) is 13.2 Å². The van der Waals surface area contributed by atoms with Crippen molar-refractivity contribution >= 4 is 15.9 Å². The molecule has 0 aliphatic heterocycles. The lowest BCUT2D eigenvalue weighted by molar-refractivity contribution is 0.310. The molecule has 2 rings (SSSR count). The summed E-state index contributed by atoms with van der Waals surface area (Å²) in [6.07, 6.45) is 0. The highest BCUT2D eigenvalue weighted by Gasteiger charge is 2.19. The van der Waals surface area contributed by atoms with Crippen molar-refractivity contribution in [3.8, 4) is 34.1 Å². The molecule has 0 bridgehead atoms. The minimum atomic E-state index is 0.00544. The van der Waals surface area contributed by atoms with Gasteiger partial charge in [-0.15, -0.1) is 0 Å². The first-order valence-corrected chi connectivity index (χ1v) is 7.48. The molecule has 0 unspecified atom stereocenters. The Morgan fingerprint density at radius 3 is 2.19 bits per heavy atom. The first kappa shape index (κ1) is 15.5. The number of ether oxygens (including phenoxy) is 2. The molecule has 5 heteroatoms. The minimum absolute atomic E-state index is 0.00544. The molecule has 2 aromatic carbocycles. The maximum Gasteiger partial charge on any atom is 0.176 e. The average molecular weight is 353 g/mol. The zero-order valence-electron chi connectivity index (χ0n) is 11.9. The Morgan fingerprint density at radius 1 is 1.00 bits per heavy atom. The number of hydrogen-bond acceptors (Lipinski definition) is 4. The van der Waals surface area contributed by atoms with E-state index in [0.29, 0.717) is 34.7 Å². The highest BCUT2D eigenvalue weighted by Crippen LogP contribution is 2.47. The van der Waals surface area contributed by atoms with Crippen molar-refractivity contribution in [2.45, 2.75) is 13.8 Å². The zero-order valence-corrected chi connectivity index (χ0v) is 13.5. The predicted molar refractivity (Wildman–Crippen MR) is 85.2 cm³/mol. The summed E-state index contributed by atoms with van der Waals surface area (Å²) in [4.78, 5) is 0. The third-order valence-corrected chi connectivity index (χ3v) is 3.69. The van der Waals surface area contributed by atoms with Crippen LogP contribution in [0.5, 0.6) is 23.0 Å². The summed E-state index contributed by atoms with van der Waals surface area (Å²) >= 11 is 3.33. The van der Waals surface area contributed by atoms with Gasteiger partial charge in [0.1, 0.15) is 16.0 Å². The number of phenols is 2. The van der Waals surface area contributed by atoms with Crippen molar-refractivity contribution < 1.29 is 19.7 Å². The molecule has 0 heterocycles. The number of rotatable bonds is 5. The molecule has 0 aromatic heterocycles. The van der Waals surface area contributed by atoms with Crippen LogP contribution >= 0.6 is 15.9 Å². The topological polar surface area (TPSA) is 58.9 Å². The van der Waals surface area contributed by atoms with Gasteiger partial charge in [0, 0.05) is 5.56 Å². The normalized spacial score (nSPS) is 10.4. The monoisotopic (exact) mass is 352 g/mol. The van der Waals surface area contributed by atoms with E-state index < -0.39 is 0 Å². The third-order valence-electron chi connectivity index (χ3n) is 2.93. The van der Waals surface area contributed by atoms with Gasteiger partial charge < -0.3 is 19.7 Å². The van der Waals surface area contributed by atoms with Crippen LogP contribution in [0.1, 0.15) is 13.8 Å². The number of phenolic OH excluding ortho intramolecular Hbond substituents is 2. The molecule has 2 aromatic rings. The first-order chi connectivity index (χ1) is 10.1. The fraction of sp³-hybridized carbons (Fsp3) is 0.250. The van der Waals surface area contributed by atoms with Gasteiger partial charge in [-0.1, -0.05) is 12.1 Å². The van der Waals surface area contributed by atoms with Crippen LogP contribution in [0.2, 0.25) is 0 Å². The second kappa shape index (κ2) is 6.72. The van der Waals surface area contributed by atoms with Crippen LogP contribution in [0.4, 0.5) is 0 Å². The molecular formula is C16H17BrO4. The summed E-state index contributed by atoms with van der Waals surface area (Å²) in [5, 5.41) is 19.7. The number of benzene rings is 2. The van der Waals surface area contributed by atoms with Crippen LogP contribution in [0.25, 0.3) is 11.1 Å². The quantitative estimate of drug-likeness (QED) is 0.840. The Balaban J connectivity index is 2.63. The SMILES string of the molecule is CCOc1cc(-c2ccc(O)cc2)c(OCC)c(O)c1Br. The summed E-state index contributed by atoms with van der Waals surface area (Å²) in [6.45, 7) is 4.64. The molecule has 0 amide bonds. The fourth-order valence-electron chi connectivity index (χ4n) is 2.01. The standard InChI is InChI=1S/C16H17BrO4/c1-3-20-13-9-12(10-5-7-11(18)8-6-10)16(21-4-2)15(19)14(13)17/h5-9,18-19H,3-4H2,1-2H3. The van der Waals surface area contributed by atoms with Crippen LogP contribution in [0.15, 0.2) is 34.8 Å². The van der Waals surface area contributed by atoms with Gasteiger partial charge in [0.05, 0.1) is 13.2 Å². The van der Waals surface area contributed by atoms with Gasteiger partial charge in [-0.25, -0.2) is 0 Å². The second-order valence-corrected chi connectivity index (χ2v) is 5.12. The Labute approximate surface area is 132 Å². The summed E-state index contributed by atoms with van der Waals surface area (Å²) in [5.41, 5.74) is 1.53. The van der Waals surface area contributed by atoms with E-state index in [0.717, 1.165) is 5.56 Å². The van der Waals surface area contributed by atoms with E-state index in [1.54, 1.807) is 24.3 Å². The van der Waals surface area contributed by atoms with Crippen molar-refractivity contribution in [2.24, 2.45) is 0 Å². The van der Waals surface area contributed by atoms with Gasteiger partial charge in [-0.2, -0.15) is 0 Å². The minimum Gasteiger partial charge on any atom is -0.508 e. The summed E-state index contributed by atoms with van der Waals surface area (Å²) in [5.74, 6) is 1.12. The second-order valence-electron chi connectivity index (χ2n) is 4.33. The smallest absolute Gasteiger partial charge is 0.176 e. The number of aromatic hydroxyl groups is 2. The molecule has 0 saturated heterocycles. The molecular weight excluding hydrogens is 336 g/mol. The van der Waals surface area contributed by atoms with E-state index in [9.17, 15) is 10.2 Å². The lowest BCUT2D eigenvalue weighted by Gasteiger charge is -2.16. The molecule has 4 nitrogen and oxygen atoms in total. The van der Waals surface area contributed by atoms with Crippen LogP contribution in [-0.2, 0) is 0 Å². The van der Waals surface area contributed by atoms with Gasteiger partial charge in [-0.3, -0.25) is 0 Å². The summed E-state index contributed by atoms with van der Waals surface area (Å²) < 4.78 is 11.6. The van der Waals surface area contributed by atoms with Gasteiger partial charge >= 0.3 is 0 Å². The van der Waals surface area contributed by atoms with Crippen molar-refractivity contribution in [3.05, 3.63) is 34.8 Å². The molecule has 112 valence electrons. The molecule has 0 saturated carbocycles. The molecule has 21 heavy (non-hydrogen) atoms. The maximum absolute atomic E-state index is 10.3. The molecule has 0 spiro atoms. The Hall–Kier alpha value is -1.88. The Bertz CT molecular complexity index is 623. The Morgan fingerprint density at radius 2 is 1.62 bits per heavy atom. The van der Waals surface area contributed by atoms with Gasteiger partial charge in [0.25, 0.3) is 0 Å². The molecule has 0 fully saturated rings. The van der Waals surface area contributed by atoms with Gasteiger partial charge in [0.2, 0.25) is 0 Å². The lowest BCUT2D eigenvalue weighted by Crippen LogP contribution is -1.98.